The van der Waals surface area contributed by atoms with E-state index in [9.17, 15) is 13.2 Å². The van der Waals surface area contributed by atoms with E-state index in [1.165, 1.54) is 8.61 Å². The van der Waals surface area contributed by atoms with Gasteiger partial charge in [-0.25, -0.2) is 0 Å². The molecule has 17 heavy (non-hydrogen) atoms. The number of primary amides is 1. The molecule has 0 bridgehead atoms. The molecular formula is C9H18N4O3S. The Hall–Kier alpha value is -0.700. The number of hydrogen-bond donors (Lipinski definition) is 2. The third-order valence-electron chi connectivity index (χ3n) is 3.28. The molecule has 8 heteroatoms. The van der Waals surface area contributed by atoms with Crippen LogP contribution in [0.15, 0.2) is 0 Å². The van der Waals surface area contributed by atoms with Crippen molar-refractivity contribution in [3.8, 4) is 0 Å². The van der Waals surface area contributed by atoms with Crippen LogP contribution in [0.3, 0.4) is 0 Å². The van der Waals surface area contributed by atoms with Crippen LogP contribution >= 0.6 is 0 Å². The quantitative estimate of drug-likeness (QED) is 0.611. The van der Waals surface area contributed by atoms with E-state index in [0.29, 0.717) is 39.1 Å². The molecule has 2 aliphatic heterocycles. The van der Waals surface area contributed by atoms with Gasteiger partial charge in [0.1, 0.15) is 0 Å². The van der Waals surface area contributed by atoms with E-state index in [4.69, 9.17) is 5.73 Å². The average Bonchev–Trinajstić information content (AvgIpc) is 2.80. The lowest BCUT2D eigenvalue weighted by Crippen LogP contribution is -2.51. The lowest BCUT2D eigenvalue weighted by atomic mass is 10.1. The van der Waals surface area contributed by atoms with Crippen molar-refractivity contribution in [3.63, 3.8) is 0 Å². The summed E-state index contributed by atoms with van der Waals surface area (Å²) in [6, 6.07) is 0. The van der Waals surface area contributed by atoms with Crippen LogP contribution in [0.25, 0.3) is 0 Å². The second-order valence-corrected chi connectivity index (χ2v) is 6.33. The Labute approximate surface area is 101 Å². The van der Waals surface area contributed by atoms with Crippen LogP contribution in [0, 0.1) is 5.92 Å². The molecule has 0 saturated carbocycles. The number of nitrogens with zero attached hydrogens (tertiary/aromatic N) is 2. The Morgan fingerprint density at radius 2 is 1.82 bits per heavy atom. The lowest BCUT2D eigenvalue weighted by Gasteiger charge is -2.30. The summed E-state index contributed by atoms with van der Waals surface area (Å²) in [6.07, 6.45) is 0.528. The number of hydrogen-bond acceptors (Lipinski definition) is 4. The smallest absolute Gasteiger partial charge is 0.282 e. The van der Waals surface area contributed by atoms with Crippen molar-refractivity contribution < 1.29 is 13.2 Å². The van der Waals surface area contributed by atoms with Gasteiger partial charge in [-0.3, -0.25) is 4.79 Å². The standard InChI is InChI=1S/C9H18N4O3S/c10-9(14)8-1-4-13(7-8)17(15,16)12-5-2-11-3-6-12/h8,11H,1-7H2,(H2,10,14). The van der Waals surface area contributed by atoms with Crippen molar-refractivity contribution in [2.24, 2.45) is 11.7 Å². The molecule has 0 spiro atoms. The molecule has 2 heterocycles. The normalized spacial score (nSPS) is 28.4. The third kappa shape index (κ3) is 2.59. The second kappa shape index (κ2) is 4.89. The zero-order chi connectivity index (χ0) is 12.5. The van der Waals surface area contributed by atoms with Crippen molar-refractivity contribution in [1.82, 2.24) is 13.9 Å². The number of piperazine rings is 1. The number of nitrogens with two attached hydrogens (primary N) is 1. The van der Waals surface area contributed by atoms with Gasteiger partial charge in [0.15, 0.2) is 0 Å². The Bertz CT molecular complexity index is 391. The van der Waals surface area contributed by atoms with Gasteiger partial charge in [-0.2, -0.15) is 17.0 Å². The number of carbonyl (C=O) groups is 1. The van der Waals surface area contributed by atoms with Crippen molar-refractivity contribution in [2.45, 2.75) is 6.42 Å². The predicted molar refractivity (Wildman–Crippen MR) is 62.2 cm³/mol. The molecule has 98 valence electrons. The minimum Gasteiger partial charge on any atom is -0.369 e. The molecule has 0 aliphatic carbocycles. The first kappa shape index (κ1) is 12.7. The van der Waals surface area contributed by atoms with E-state index < -0.39 is 16.1 Å². The highest BCUT2D eigenvalue weighted by Gasteiger charge is 2.37. The first-order chi connectivity index (χ1) is 8.01. The fourth-order valence-electron chi connectivity index (χ4n) is 2.21. The van der Waals surface area contributed by atoms with Crippen molar-refractivity contribution >= 4 is 16.1 Å². The van der Waals surface area contributed by atoms with Gasteiger partial charge >= 0.3 is 0 Å². The number of rotatable bonds is 3. The molecule has 2 rings (SSSR count). The van der Waals surface area contributed by atoms with Crippen molar-refractivity contribution in [3.05, 3.63) is 0 Å². The minimum atomic E-state index is -3.41. The maximum Gasteiger partial charge on any atom is 0.282 e. The van der Waals surface area contributed by atoms with Gasteiger partial charge in [0.25, 0.3) is 10.2 Å². The average molecular weight is 262 g/mol. The monoisotopic (exact) mass is 262 g/mol. The Morgan fingerprint density at radius 1 is 1.18 bits per heavy atom. The molecule has 1 amide bonds. The lowest BCUT2D eigenvalue weighted by molar-refractivity contribution is -0.121. The molecule has 0 aromatic rings. The first-order valence-electron chi connectivity index (χ1n) is 5.77. The maximum atomic E-state index is 12.2. The Kier molecular flexibility index (Phi) is 3.67. The molecule has 2 aliphatic rings. The van der Waals surface area contributed by atoms with Gasteiger partial charge in [-0.15, -0.1) is 0 Å². The van der Waals surface area contributed by atoms with Crippen LogP contribution in [-0.2, 0) is 15.0 Å². The van der Waals surface area contributed by atoms with Gasteiger partial charge in [0.05, 0.1) is 5.92 Å². The molecule has 0 radical (unpaired) electrons. The fourth-order valence-corrected chi connectivity index (χ4v) is 3.88. The van der Waals surface area contributed by atoms with E-state index in [-0.39, 0.29) is 12.5 Å². The number of carbonyl (C=O) groups excluding carboxylic acids is 1. The molecule has 2 fully saturated rings. The highest BCUT2D eigenvalue weighted by Crippen LogP contribution is 2.21. The van der Waals surface area contributed by atoms with E-state index in [1.54, 1.807) is 0 Å². The SMILES string of the molecule is NC(=O)C1CCN(S(=O)(=O)N2CCNCC2)C1. The van der Waals surface area contributed by atoms with E-state index in [0.717, 1.165) is 0 Å². The fraction of sp³-hybridized carbons (Fsp3) is 0.889. The van der Waals surface area contributed by atoms with Gasteiger partial charge in [0.2, 0.25) is 5.91 Å². The summed E-state index contributed by atoms with van der Waals surface area (Å²) >= 11 is 0. The molecule has 3 N–H and O–H groups in total. The van der Waals surface area contributed by atoms with Gasteiger partial charge < -0.3 is 11.1 Å². The van der Waals surface area contributed by atoms with Crippen molar-refractivity contribution in [1.29, 1.82) is 0 Å². The van der Waals surface area contributed by atoms with Gasteiger partial charge in [-0.05, 0) is 6.42 Å². The molecule has 1 atom stereocenters. The summed E-state index contributed by atoms with van der Waals surface area (Å²) in [6.45, 7) is 2.93. The van der Waals surface area contributed by atoms with E-state index in [1.807, 2.05) is 0 Å². The summed E-state index contributed by atoms with van der Waals surface area (Å²) < 4.78 is 27.3. The predicted octanol–water partition coefficient (Wildman–Crippen LogP) is -2.06. The largest absolute Gasteiger partial charge is 0.369 e. The van der Waals surface area contributed by atoms with Gasteiger partial charge in [0, 0.05) is 39.3 Å². The molecule has 2 saturated heterocycles. The van der Waals surface area contributed by atoms with Crippen LogP contribution in [0.4, 0.5) is 0 Å². The van der Waals surface area contributed by atoms with E-state index in [2.05, 4.69) is 5.32 Å². The molecular weight excluding hydrogens is 244 g/mol. The summed E-state index contributed by atoms with van der Waals surface area (Å²) in [4.78, 5) is 11.0. The number of amides is 1. The number of nitrogens with one attached hydrogen (secondary N) is 1. The van der Waals surface area contributed by atoms with Crippen LogP contribution in [-0.4, -0.2) is 62.2 Å². The summed E-state index contributed by atoms with van der Waals surface area (Å²) in [7, 11) is -3.41. The van der Waals surface area contributed by atoms with Crippen LogP contribution in [0.1, 0.15) is 6.42 Å². The summed E-state index contributed by atoms with van der Waals surface area (Å²) in [5, 5.41) is 3.11. The third-order valence-corrected chi connectivity index (χ3v) is 5.28. The first-order valence-corrected chi connectivity index (χ1v) is 7.17. The van der Waals surface area contributed by atoms with Gasteiger partial charge in [-0.1, -0.05) is 0 Å². The maximum absolute atomic E-state index is 12.2. The molecule has 7 nitrogen and oxygen atoms in total. The van der Waals surface area contributed by atoms with Crippen LogP contribution in [0.5, 0.6) is 0 Å². The zero-order valence-electron chi connectivity index (χ0n) is 9.63. The van der Waals surface area contributed by atoms with Crippen LogP contribution < -0.4 is 11.1 Å². The van der Waals surface area contributed by atoms with Crippen molar-refractivity contribution in [2.75, 3.05) is 39.3 Å². The van der Waals surface area contributed by atoms with Crippen LogP contribution in [0.2, 0.25) is 0 Å². The summed E-state index contributed by atoms with van der Waals surface area (Å²) in [5.41, 5.74) is 5.20. The zero-order valence-corrected chi connectivity index (χ0v) is 10.4. The molecule has 0 aromatic heterocycles. The topological polar surface area (TPSA) is 95.7 Å². The highest BCUT2D eigenvalue weighted by molar-refractivity contribution is 7.86. The Balaban J connectivity index is 2.03. The van der Waals surface area contributed by atoms with E-state index >= 15 is 0 Å². The highest BCUT2D eigenvalue weighted by atomic mass is 32.2. The second-order valence-electron chi connectivity index (χ2n) is 4.40. The minimum absolute atomic E-state index is 0.224. The molecule has 1 unspecified atom stereocenters. The Morgan fingerprint density at radius 3 is 2.35 bits per heavy atom. The summed E-state index contributed by atoms with van der Waals surface area (Å²) in [5.74, 6) is -0.754. The molecule has 0 aromatic carbocycles.